The van der Waals surface area contributed by atoms with Crippen molar-refractivity contribution < 1.29 is 49.4 Å². The summed E-state index contributed by atoms with van der Waals surface area (Å²) in [7, 11) is 1.30. The van der Waals surface area contributed by atoms with Gasteiger partial charge in [-0.2, -0.15) is 5.92 Å². The van der Waals surface area contributed by atoms with Crippen molar-refractivity contribution in [2.45, 2.75) is 13.0 Å². The van der Waals surface area contributed by atoms with Crippen LogP contribution in [0.25, 0.3) is 0 Å². The van der Waals surface area contributed by atoms with Crippen LogP contribution in [0, 0.1) is 5.92 Å². The van der Waals surface area contributed by atoms with E-state index in [1.165, 1.54) is 12.7 Å². The number of ether oxygens (including phenoxy) is 1. The van der Waals surface area contributed by atoms with Gasteiger partial charge in [-0.1, -0.05) is 36.9 Å². The van der Waals surface area contributed by atoms with E-state index in [2.05, 4.69) is 9.64 Å². The van der Waals surface area contributed by atoms with Gasteiger partial charge in [-0.05, 0) is 12.0 Å². The molecule has 2 N–H and O–H groups in total. The van der Waals surface area contributed by atoms with E-state index in [0.717, 1.165) is 6.54 Å². The van der Waals surface area contributed by atoms with Crippen molar-refractivity contribution in [3.63, 3.8) is 0 Å². The first-order chi connectivity index (χ1) is 8.70. The number of rotatable bonds is 3. The molecule has 0 aliphatic carbocycles. The second-order valence-corrected chi connectivity index (χ2v) is 4.34. The zero-order valence-electron chi connectivity index (χ0n) is 11.9. The topological polar surface area (TPSA) is 78.1 Å². The molecular formula is C14H18NNaO4. The van der Waals surface area contributed by atoms with Crippen LogP contribution in [-0.2, 0) is 20.9 Å². The number of methoxy groups -OCH3 is 1. The average molecular weight is 287 g/mol. The minimum atomic E-state index is -0.502. The van der Waals surface area contributed by atoms with Gasteiger partial charge in [0, 0.05) is 18.9 Å². The van der Waals surface area contributed by atoms with Crippen LogP contribution >= 0.6 is 0 Å². The van der Waals surface area contributed by atoms with Crippen molar-refractivity contribution in [2.24, 2.45) is 0 Å². The third-order valence-corrected chi connectivity index (χ3v) is 3.05. The molecule has 0 atom stereocenters. The maximum absolute atomic E-state index is 11.6. The Morgan fingerprint density at radius 2 is 2.00 bits per heavy atom. The van der Waals surface area contributed by atoms with E-state index in [1.807, 2.05) is 30.3 Å². The van der Waals surface area contributed by atoms with Gasteiger partial charge in [-0.3, -0.25) is 4.79 Å². The zero-order chi connectivity index (χ0) is 13.0. The summed E-state index contributed by atoms with van der Waals surface area (Å²) in [6.07, 6.45) is 0.386. The van der Waals surface area contributed by atoms with Gasteiger partial charge in [0.15, 0.2) is 5.97 Å². The summed E-state index contributed by atoms with van der Waals surface area (Å²) < 4.78 is 4.64. The molecule has 2 rings (SSSR count). The molecule has 0 unspecified atom stereocenters. The second kappa shape index (κ2) is 9.15. The molecule has 1 aliphatic rings. The number of ketones is 1. The summed E-state index contributed by atoms with van der Waals surface area (Å²) in [6, 6.07) is 10.0. The van der Waals surface area contributed by atoms with Crippen LogP contribution in [0.4, 0.5) is 0 Å². The van der Waals surface area contributed by atoms with Crippen LogP contribution in [-0.4, -0.2) is 42.3 Å². The monoisotopic (exact) mass is 287 g/mol. The van der Waals surface area contributed by atoms with Crippen molar-refractivity contribution in [2.75, 3.05) is 20.2 Å². The van der Waals surface area contributed by atoms with Crippen molar-refractivity contribution in [3.8, 4) is 0 Å². The van der Waals surface area contributed by atoms with Crippen LogP contribution in [0.1, 0.15) is 12.0 Å². The molecule has 1 aromatic carbocycles. The van der Waals surface area contributed by atoms with Crippen molar-refractivity contribution in [1.29, 1.82) is 0 Å². The minimum Gasteiger partial charge on any atom is -0.491 e. The number of carbonyl (C=O) groups excluding carboxylic acids is 2. The molecular weight excluding hydrogens is 269 g/mol. The summed E-state index contributed by atoms with van der Waals surface area (Å²) in [5.41, 5.74) is 1.18. The number of hydrogen-bond acceptors (Lipinski definition) is 4. The van der Waals surface area contributed by atoms with Gasteiger partial charge in [0.25, 0.3) is 0 Å². The van der Waals surface area contributed by atoms with Gasteiger partial charge >= 0.3 is 29.6 Å². The van der Waals surface area contributed by atoms with Gasteiger partial charge in [0.05, 0.1) is 7.11 Å². The first kappa shape index (κ1) is 19.1. The van der Waals surface area contributed by atoms with Crippen LogP contribution in [0.2, 0.25) is 0 Å². The zero-order valence-corrected chi connectivity index (χ0v) is 13.9. The van der Waals surface area contributed by atoms with E-state index >= 15 is 0 Å². The second-order valence-electron chi connectivity index (χ2n) is 4.34. The smallest absolute Gasteiger partial charge is 0.491 e. The fraction of sp³-hybridized carbons (Fsp3) is 0.357. The van der Waals surface area contributed by atoms with E-state index in [-0.39, 0.29) is 46.7 Å². The Hall–Kier alpha value is -0.850. The molecule has 0 aromatic heterocycles. The van der Waals surface area contributed by atoms with Crippen LogP contribution in [0.5, 0.6) is 0 Å². The molecule has 1 aliphatic heterocycles. The maximum Gasteiger partial charge on any atom is 1.00 e. The molecule has 0 bridgehead atoms. The third kappa shape index (κ3) is 4.92. The molecule has 104 valence electrons. The Morgan fingerprint density at radius 3 is 2.60 bits per heavy atom. The van der Waals surface area contributed by atoms with Crippen LogP contribution < -0.4 is 29.6 Å². The number of Topliss-reactive ketones (excluding diaryl/α,β-unsaturated/α-hetero) is 1. The normalized spacial score (nSPS) is 15.1. The maximum atomic E-state index is 11.6. The predicted octanol–water partition coefficient (Wildman–Crippen LogP) is -2.61. The van der Waals surface area contributed by atoms with Crippen LogP contribution in [0.15, 0.2) is 30.3 Å². The quantitative estimate of drug-likeness (QED) is 0.347. The number of hydrogen-bond donors (Lipinski definition) is 0. The Balaban J connectivity index is 0.00000180. The number of benzene rings is 1. The molecule has 5 nitrogen and oxygen atoms in total. The Bertz CT molecular complexity index is 430. The van der Waals surface area contributed by atoms with E-state index < -0.39 is 5.97 Å². The van der Waals surface area contributed by atoms with E-state index in [9.17, 15) is 9.59 Å². The largest absolute Gasteiger partial charge is 1.00 e. The number of piperidine rings is 1. The van der Waals surface area contributed by atoms with E-state index in [4.69, 9.17) is 0 Å². The molecule has 0 saturated carbocycles. The van der Waals surface area contributed by atoms with E-state index in [1.54, 1.807) is 0 Å². The van der Waals surface area contributed by atoms with Crippen molar-refractivity contribution in [3.05, 3.63) is 41.8 Å². The van der Waals surface area contributed by atoms with Gasteiger partial charge in [-0.15, -0.1) is 0 Å². The first-order valence-corrected chi connectivity index (χ1v) is 5.94. The fourth-order valence-electron chi connectivity index (χ4n) is 2.08. The molecule has 1 aromatic rings. The van der Waals surface area contributed by atoms with Crippen molar-refractivity contribution in [1.82, 2.24) is 4.90 Å². The molecule has 1 heterocycles. The molecule has 0 radical (unpaired) electrons. The SMILES string of the molecule is COC(=O)[C-]1CN(Cc2ccccc2)CCC1=O.O.[Na+]. The van der Waals surface area contributed by atoms with Gasteiger partial charge in [-0.25, -0.2) is 0 Å². The van der Waals surface area contributed by atoms with Gasteiger partial charge in [0.2, 0.25) is 0 Å². The average Bonchev–Trinajstić information content (AvgIpc) is 2.41. The number of carbonyl (C=O) groups is 2. The predicted molar refractivity (Wildman–Crippen MR) is 70.2 cm³/mol. The summed E-state index contributed by atoms with van der Waals surface area (Å²) in [6.45, 7) is 1.81. The Labute approximate surface area is 140 Å². The summed E-state index contributed by atoms with van der Waals surface area (Å²) in [5.74, 6) is -0.330. The Morgan fingerprint density at radius 1 is 1.35 bits per heavy atom. The number of esters is 1. The number of likely N-dealkylation sites (tertiary alicyclic amines) is 1. The molecule has 1 saturated heterocycles. The molecule has 0 amide bonds. The fourth-order valence-corrected chi connectivity index (χ4v) is 2.08. The van der Waals surface area contributed by atoms with E-state index in [0.29, 0.717) is 19.5 Å². The van der Waals surface area contributed by atoms with Gasteiger partial charge in [0.1, 0.15) is 0 Å². The van der Waals surface area contributed by atoms with Crippen LogP contribution in [0.3, 0.4) is 0 Å². The summed E-state index contributed by atoms with van der Waals surface area (Å²) >= 11 is 0. The third-order valence-electron chi connectivity index (χ3n) is 3.05. The standard InChI is InChI=1S/C14H16NO3.Na.H2O/c1-18-14(17)12-10-15(8-7-13(12)16)9-11-5-3-2-4-6-11;;/h2-6H,7-10H2,1H3;;1H2/q-1;+1;. The molecule has 6 heteroatoms. The van der Waals surface area contributed by atoms with Gasteiger partial charge < -0.3 is 19.9 Å². The van der Waals surface area contributed by atoms with Crippen molar-refractivity contribution >= 4 is 11.8 Å². The Kier molecular flexibility index (Phi) is 8.76. The molecule has 0 spiro atoms. The summed E-state index contributed by atoms with van der Waals surface area (Å²) in [4.78, 5) is 25.2. The molecule has 1 fully saturated rings. The minimum absolute atomic E-state index is 0. The molecule has 20 heavy (non-hydrogen) atoms. The number of nitrogens with zero attached hydrogens (tertiary/aromatic N) is 1. The first-order valence-electron chi connectivity index (χ1n) is 5.94. The summed E-state index contributed by atoms with van der Waals surface area (Å²) in [5, 5.41) is 0.